The first-order chi connectivity index (χ1) is 9.52. The molecule has 0 radical (unpaired) electrons. The first-order valence-electron chi connectivity index (χ1n) is 7.40. The Hall–Kier alpha value is -1.52. The summed E-state index contributed by atoms with van der Waals surface area (Å²) in [7, 11) is 1.79. The largest absolute Gasteiger partial charge is 0.444 e. The molecule has 1 aliphatic rings. The number of hydrogen-bond donors (Lipinski definition) is 2. The van der Waals surface area contributed by atoms with Crippen LogP contribution in [0.5, 0.6) is 0 Å². The highest BCUT2D eigenvalue weighted by Gasteiger charge is 2.28. The lowest BCUT2D eigenvalue weighted by atomic mass is 9.89. The van der Waals surface area contributed by atoms with Gasteiger partial charge in [-0.1, -0.05) is 19.8 Å². The third-order valence-electron chi connectivity index (χ3n) is 4.20. The highest BCUT2D eigenvalue weighted by atomic mass is 16.4. The van der Waals surface area contributed by atoms with E-state index in [0.29, 0.717) is 17.9 Å². The van der Waals surface area contributed by atoms with Gasteiger partial charge in [-0.3, -0.25) is 4.99 Å². The molecule has 1 aliphatic carbocycles. The summed E-state index contributed by atoms with van der Waals surface area (Å²) in [5.41, 5.74) is 1.36. The highest BCUT2D eigenvalue weighted by Crippen LogP contribution is 2.36. The number of aryl methyl sites for hydroxylation is 2. The van der Waals surface area contributed by atoms with Crippen molar-refractivity contribution in [3.8, 4) is 0 Å². The Bertz CT molecular complexity index is 453. The summed E-state index contributed by atoms with van der Waals surface area (Å²) in [6.07, 6.45) is 5.29. The molecule has 0 aromatic carbocycles. The number of guanidine groups is 1. The number of oxazole rings is 1. The van der Waals surface area contributed by atoms with E-state index < -0.39 is 0 Å². The molecule has 0 bridgehead atoms. The Morgan fingerprint density at radius 1 is 1.30 bits per heavy atom. The van der Waals surface area contributed by atoms with Gasteiger partial charge in [0.15, 0.2) is 5.96 Å². The Morgan fingerprint density at radius 2 is 2.00 bits per heavy atom. The molecular weight excluding hydrogens is 252 g/mol. The van der Waals surface area contributed by atoms with E-state index in [1.807, 2.05) is 13.8 Å². The Labute approximate surface area is 121 Å². The van der Waals surface area contributed by atoms with Crippen LogP contribution < -0.4 is 10.6 Å². The standard InChI is InChI=1S/C15H26N4O/c1-11-12(2)20-13(19-11)9-17-14(16-4)18-10-15(3)7-5-6-8-15/h5-10H2,1-4H3,(H2,16,17,18). The van der Waals surface area contributed by atoms with Gasteiger partial charge in [0.2, 0.25) is 5.89 Å². The second-order valence-electron chi connectivity index (χ2n) is 6.05. The predicted molar refractivity (Wildman–Crippen MR) is 80.8 cm³/mol. The van der Waals surface area contributed by atoms with Crippen LogP contribution >= 0.6 is 0 Å². The monoisotopic (exact) mass is 278 g/mol. The smallest absolute Gasteiger partial charge is 0.214 e. The zero-order valence-corrected chi connectivity index (χ0v) is 13.0. The molecule has 1 aromatic heterocycles. The maximum absolute atomic E-state index is 5.55. The Balaban J connectivity index is 1.80. The first kappa shape index (κ1) is 14.9. The molecule has 5 nitrogen and oxygen atoms in total. The second kappa shape index (κ2) is 6.29. The lowest BCUT2D eigenvalue weighted by Crippen LogP contribution is -2.41. The molecule has 112 valence electrons. The van der Waals surface area contributed by atoms with Crippen LogP contribution in [0.25, 0.3) is 0 Å². The van der Waals surface area contributed by atoms with Crippen molar-refractivity contribution in [2.75, 3.05) is 13.6 Å². The summed E-state index contributed by atoms with van der Waals surface area (Å²) in [5, 5.41) is 6.66. The van der Waals surface area contributed by atoms with Gasteiger partial charge in [-0.15, -0.1) is 0 Å². The fraction of sp³-hybridized carbons (Fsp3) is 0.733. The van der Waals surface area contributed by atoms with Crippen molar-refractivity contribution < 1.29 is 4.42 Å². The van der Waals surface area contributed by atoms with E-state index in [9.17, 15) is 0 Å². The maximum Gasteiger partial charge on any atom is 0.214 e. The number of rotatable bonds is 4. The van der Waals surface area contributed by atoms with Gasteiger partial charge >= 0.3 is 0 Å². The summed E-state index contributed by atoms with van der Waals surface area (Å²) in [6, 6.07) is 0. The van der Waals surface area contributed by atoms with Crippen molar-refractivity contribution in [2.45, 2.75) is 53.0 Å². The summed E-state index contributed by atoms with van der Waals surface area (Å²) in [4.78, 5) is 8.61. The van der Waals surface area contributed by atoms with Gasteiger partial charge < -0.3 is 15.1 Å². The summed E-state index contributed by atoms with van der Waals surface area (Å²) in [6.45, 7) is 7.76. The van der Waals surface area contributed by atoms with Crippen molar-refractivity contribution in [1.82, 2.24) is 15.6 Å². The van der Waals surface area contributed by atoms with Crippen LogP contribution in [-0.4, -0.2) is 24.5 Å². The Morgan fingerprint density at radius 3 is 2.55 bits per heavy atom. The average molecular weight is 278 g/mol. The number of nitrogens with zero attached hydrogens (tertiary/aromatic N) is 2. The normalized spacial score (nSPS) is 18.3. The van der Waals surface area contributed by atoms with Gasteiger partial charge in [-0.25, -0.2) is 4.98 Å². The van der Waals surface area contributed by atoms with Crippen molar-refractivity contribution >= 4 is 5.96 Å². The molecule has 1 fully saturated rings. The van der Waals surface area contributed by atoms with E-state index >= 15 is 0 Å². The summed E-state index contributed by atoms with van der Waals surface area (Å²) >= 11 is 0. The van der Waals surface area contributed by atoms with Crippen LogP contribution in [0.2, 0.25) is 0 Å². The molecule has 2 rings (SSSR count). The molecule has 0 atom stereocenters. The quantitative estimate of drug-likeness (QED) is 0.656. The van der Waals surface area contributed by atoms with Gasteiger partial charge in [0.25, 0.3) is 0 Å². The number of aromatic nitrogens is 1. The highest BCUT2D eigenvalue weighted by molar-refractivity contribution is 5.79. The molecule has 1 heterocycles. The summed E-state index contributed by atoms with van der Waals surface area (Å²) < 4.78 is 5.55. The van der Waals surface area contributed by atoms with Crippen LogP contribution in [0.3, 0.4) is 0 Å². The summed E-state index contributed by atoms with van der Waals surface area (Å²) in [5.74, 6) is 2.39. The van der Waals surface area contributed by atoms with Crippen molar-refractivity contribution in [1.29, 1.82) is 0 Å². The fourth-order valence-corrected chi connectivity index (χ4v) is 2.70. The molecule has 20 heavy (non-hydrogen) atoms. The van der Waals surface area contributed by atoms with E-state index in [1.165, 1.54) is 25.7 Å². The number of aliphatic imine (C=N–C) groups is 1. The molecular formula is C15H26N4O. The molecule has 0 aliphatic heterocycles. The van der Waals surface area contributed by atoms with Crippen LogP contribution in [0.4, 0.5) is 0 Å². The third kappa shape index (κ3) is 3.74. The van der Waals surface area contributed by atoms with E-state index in [4.69, 9.17) is 4.42 Å². The number of hydrogen-bond acceptors (Lipinski definition) is 3. The third-order valence-corrected chi connectivity index (χ3v) is 4.20. The molecule has 1 saturated carbocycles. The molecule has 0 saturated heterocycles. The lowest BCUT2D eigenvalue weighted by molar-refractivity contribution is 0.333. The van der Waals surface area contributed by atoms with Gasteiger partial charge in [0.1, 0.15) is 5.76 Å². The zero-order chi connectivity index (χ0) is 14.6. The molecule has 0 spiro atoms. The van der Waals surface area contributed by atoms with E-state index in [-0.39, 0.29) is 0 Å². The van der Waals surface area contributed by atoms with Crippen molar-refractivity contribution in [2.24, 2.45) is 10.4 Å². The molecule has 5 heteroatoms. The molecule has 0 amide bonds. The molecule has 1 aromatic rings. The van der Waals surface area contributed by atoms with Crippen LogP contribution in [0, 0.1) is 19.3 Å². The second-order valence-corrected chi connectivity index (χ2v) is 6.05. The van der Waals surface area contributed by atoms with Crippen LogP contribution in [0.15, 0.2) is 9.41 Å². The van der Waals surface area contributed by atoms with E-state index in [1.54, 1.807) is 7.05 Å². The zero-order valence-electron chi connectivity index (χ0n) is 13.0. The van der Waals surface area contributed by atoms with Gasteiger partial charge in [0.05, 0.1) is 12.2 Å². The fourth-order valence-electron chi connectivity index (χ4n) is 2.70. The topological polar surface area (TPSA) is 62.5 Å². The average Bonchev–Trinajstić information content (AvgIpc) is 2.98. The number of nitrogens with one attached hydrogen (secondary N) is 2. The van der Waals surface area contributed by atoms with Gasteiger partial charge in [0, 0.05) is 13.6 Å². The van der Waals surface area contributed by atoms with Gasteiger partial charge in [-0.05, 0) is 32.1 Å². The molecule has 0 unspecified atom stereocenters. The predicted octanol–water partition coefficient (Wildman–Crippen LogP) is 2.54. The minimum absolute atomic E-state index is 0.410. The van der Waals surface area contributed by atoms with Crippen LogP contribution in [-0.2, 0) is 6.54 Å². The minimum atomic E-state index is 0.410. The SMILES string of the molecule is CN=C(NCc1nc(C)c(C)o1)NCC1(C)CCCC1. The van der Waals surface area contributed by atoms with Crippen molar-refractivity contribution in [3.63, 3.8) is 0 Å². The van der Waals surface area contributed by atoms with E-state index in [0.717, 1.165) is 24.0 Å². The minimum Gasteiger partial charge on any atom is -0.444 e. The molecule has 2 N–H and O–H groups in total. The lowest BCUT2D eigenvalue weighted by Gasteiger charge is -2.24. The Kier molecular flexibility index (Phi) is 4.68. The maximum atomic E-state index is 5.55. The first-order valence-corrected chi connectivity index (χ1v) is 7.40. The van der Waals surface area contributed by atoms with Gasteiger partial charge in [-0.2, -0.15) is 0 Å². The van der Waals surface area contributed by atoms with Crippen molar-refractivity contribution in [3.05, 3.63) is 17.3 Å². The van der Waals surface area contributed by atoms with E-state index in [2.05, 4.69) is 27.5 Å². The van der Waals surface area contributed by atoms with Crippen LogP contribution in [0.1, 0.15) is 50.0 Å².